The van der Waals surface area contributed by atoms with Crippen molar-refractivity contribution < 1.29 is 9.72 Å². The summed E-state index contributed by atoms with van der Waals surface area (Å²) >= 11 is 1.23. The molecule has 0 atom stereocenters. The summed E-state index contributed by atoms with van der Waals surface area (Å²) in [6.07, 6.45) is 5.71. The van der Waals surface area contributed by atoms with E-state index in [0.717, 1.165) is 0 Å². The van der Waals surface area contributed by atoms with Gasteiger partial charge in [-0.1, -0.05) is 18.2 Å². The Morgan fingerprint density at radius 3 is 2.87 bits per heavy atom. The third-order valence-corrected chi connectivity index (χ3v) is 3.38. The molecule has 0 radical (unpaired) electrons. The Labute approximate surface area is 135 Å². The first-order valence-electron chi connectivity index (χ1n) is 6.34. The second-order valence-electron chi connectivity index (χ2n) is 4.16. The second kappa shape index (κ2) is 7.63. The number of rotatable bonds is 5. The molecule has 0 unspecified atom stereocenters. The molecule has 0 saturated heterocycles. The zero-order chi connectivity index (χ0) is 16.7. The fourth-order valence-electron chi connectivity index (χ4n) is 1.66. The van der Waals surface area contributed by atoms with E-state index in [1.165, 1.54) is 41.8 Å². The van der Waals surface area contributed by atoms with Gasteiger partial charge in [0.1, 0.15) is 11.6 Å². The molecule has 1 amide bonds. The highest BCUT2D eigenvalue weighted by Gasteiger charge is 2.11. The SMILES string of the molecule is N#C/C(=C\C=C\c1ccccc1[N+](=O)[O-])C(=O)Nc1nccs1. The molecule has 114 valence electrons. The summed E-state index contributed by atoms with van der Waals surface area (Å²) in [4.78, 5) is 26.2. The summed E-state index contributed by atoms with van der Waals surface area (Å²) in [5, 5.41) is 24.5. The van der Waals surface area contributed by atoms with Gasteiger partial charge >= 0.3 is 0 Å². The molecule has 1 heterocycles. The van der Waals surface area contributed by atoms with Crippen molar-refractivity contribution in [1.82, 2.24) is 4.98 Å². The highest BCUT2D eigenvalue weighted by Crippen LogP contribution is 2.19. The molecule has 0 aliphatic rings. The van der Waals surface area contributed by atoms with Crippen molar-refractivity contribution in [2.45, 2.75) is 0 Å². The number of anilines is 1. The van der Waals surface area contributed by atoms with E-state index < -0.39 is 10.8 Å². The minimum absolute atomic E-state index is 0.0529. The van der Waals surface area contributed by atoms with Crippen molar-refractivity contribution in [2.24, 2.45) is 0 Å². The van der Waals surface area contributed by atoms with Crippen molar-refractivity contribution >= 4 is 34.1 Å². The lowest BCUT2D eigenvalue weighted by Gasteiger charge is -1.98. The van der Waals surface area contributed by atoms with Crippen LogP contribution in [0.25, 0.3) is 6.08 Å². The van der Waals surface area contributed by atoms with E-state index in [2.05, 4.69) is 10.3 Å². The van der Waals surface area contributed by atoms with E-state index in [9.17, 15) is 14.9 Å². The van der Waals surface area contributed by atoms with Crippen molar-refractivity contribution in [3.8, 4) is 6.07 Å². The van der Waals surface area contributed by atoms with Crippen LogP contribution in [0.3, 0.4) is 0 Å². The van der Waals surface area contributed by atoms with Crippen LogP contribution in [0.2, 0.25) is 0 Å². The zero-order valence-corrected chi connectivity index (χ0v) is 12.5. The standard InChI is InChI=1S/C15H10N4O3S/c16-10-12(14(20)18-15-17-8-9-23-15)6-3-5-11-4-1-2-7-13(11)19(21)22/h1-9H,(H,17,18,20)/b5-3+,12-6+. The number of carbonyl (C=O) groups is 1. The lowest BCUT2D eigenvalue weighted by atomic mass is 10.1. The minimum atomic E-state index is -0.588. The first kappa shape index (κ1) is 16.1. The molecule has 0 aliphatic heterocycles. The number of benzene rings is 1. The summed E-state index contributed by atoms with van der Waals surface area (Å²) in [7, 11) is 0. The van der Waals surface area contributed by atoms with Gasteiger partial charge in [0.25, 0.3) is 11.6 Å². The highest BCUT2D eigenvalue weighted by atomic mass is 32.1. The van der Waals surface area contributed by atoms with Crippen molar-refractivity contribution in [3.05, 3.63) is 69.2 Å². The first-order valence-corrected chi connectivity index (χ1v) is 7.22. The van der Waals surface area contributed by atoms with E-state index in [4.69, 9.17) is 5.26 Å². The van der Waals surface area contributed by atoms with Gasteiger partial charge in [0.2, 0.25) is 0 Å². The topological polar surface area (TPSA) is 109 Å². The number of nitrogens with zero attached hydrogens (tertiary/aromatic N) is 3. The third kappa shape index (κ3) is 4.33. The van der Waals surface area contributed by atoms with Crippen LogP contribution in [0.1, 0.15) is 5.56 Å². The number of nitro groups is 1. The van der Waals surface area contributed by atoms with Gasteiger partial charge in [-0.25, -0.2) is 4.98 Å². The van der Waals surface area contributed by atoms with E-state index in [1.54, 1.807) is 29.6 Å². The Balaban J connectivity index is 2.15. The zero-order valence-electron chi connectivity index (χ0n) is 11.7. The Kier molecular flexibility index (Phi) is 5.33. The predicted molar refractivity (Wildman–Crippen MR) is 86.6 cm³/mol. The molecule has 1 aromatic carbocycles. The van der Waals surface area contributed by atoms with E-state index in [1.807, 2.05) is 0 Å². The number of carbonyl (C=O) groups excluding carboxylic acids is 1. The first-order chi connectivity index (χ1) is 11.1. The Bertz CT molecular complexity index is 819. The lowest BCUT2D eigenvalue weighted by Crippen LogP contribution is -2.13. The number of nitrogens with one attached hydrogen (secondary N) is 1. The van der Waals surface area contributed by atoms with Gasteiger partial charge in [-0.15, -0.1) is 11.3 Å². The Hall–Kier alpha value is -3.31. The number of para-hydroxylation sites is 1. The monoisotopic (exact) mass is 326 g/mol. The number of hydrogen-bond donors (Lipinski definition) is 1. The molecule has 1 aromatic heterocycles. The van der Waals surface area contributed by atoms with Crippen molar-refractivity contribution in [2.75, 3.05) is 5.32 Å². The van der Waals surface area contributed by atoms with E-state index >= 15 is 0 Å². The fourth-order valence-corrected chi connectivity index (χ4v) is 2.18. The highest BCUT2D eigenvalue weighted by molar-refractivity contribution is 7.13. The maximum atomic E-state index is 11.9. The second-order valence-corrected chi connectivity index (χ2v) is 5.05. The molecule has 0 spiro atoms. The van der Waals surface area contributed by atoms with Crippen LogP contribution in [-0.2, 0) is 4.79 Å². The lowest BCUT2D eigenvalue weighted by molar-refractivity contribution is -0.385. The number of thiazole rings is 1. The number of nitriles is 1. The summed E-state index contributed by atoms with van der Waals surface area (Å²) < 4.78 is 0. The van der Waals surface area contributed by atoms with Crippen LogP contribution in [0.4, 0.5) is 10.8 Å². The Morgan fingerprint density at radius 1 is 1.43 bits per heavy atom. The van der Waals surface area contributed by atoms with E-state index in [-0.39, 0.29) is 11.3 Å². The number of hydrogen-bond acceptors (Lipinski definition) is 6. The molecule has 0 aliphatic carbocycles. The van der Waals surface area contributed by atoms with Gasteiger partial charge in [-0.3, -0.25) is 20.2 Å². The molecule has 2 rings (SSSR count). The van der Waals surface area contributed by atoms with Crippen molar-refractivity contribution in [3.63, 3.8) is 0 Å². The van der Waals surface area contributed by atoms with Gasteiger partial charge in [0.15, 0.2) is 5.13 Å². The number of nitro benzene ring substituents is 1. The molecular weight excluding hydrogens is 316 g/mol. The van der Waals surface area contributed by atoms with Crippen LogP contribution in [0, 0.1) is 21.4 Å². The average molecular weight is 326 g/mol. The summed E-state index contributed by atoms with van der Waals surface area (Å²) in [5.41, 5.74) is 0.198. The fraction of sp³-hybridized carbons (Fsp3) is 0. The molecule has 0 saturated carbocycles. The smallest absolute Gasteiger partial charge is 0.276 e. The van der Waals surface area contributed by atoms with Crippen LogP contribution in [0.15, 0.2) is 53.6 Å². The molecule has 8 heteroatoms. The van der Waals surface area contributed by atoms with Crippen molar-refractivity contribution in [1.29, 1.82) is 5.26 Å². The quantitative estimate of drug-likeness (QED) is 0.298. The van der Waals surface area contributed by atoms with Gasteiger partial charge < -0.3 is 0 Å². The summed E-state index contributed by atoms with van der Waals surface area (Å²) in [5.74, 6) is -0.588. The Morgan fingerprint density at radius 2 is 2.22 bits per heavy atom. The van der Waals surface area contributed by atoms with E-state index in [0.29, 0.717) is 10.7 Å². The van der Waals surface area contributed by atoms with Crippen LogP contribution < -0.4 is 5.32 Å². The van der Waals surface area contributed by atoms with Gasteiger partial charge in [-0.05, 0) is 18.2 Å². The molecule has 2 aromatic rings. The van der Waals surface area contributed by atoms with Crippen LogP contribution >= 0.6 is 11.3 Å². The molecule has 23 heavy (non-hydrogen) atoms. The molecule has 0 bridgehead atoms. The number of aromatic nitrogens is 1. The van der Waals surface area contributed by atoms with Gasteiger partial charge in [0, 0.05) is 17.6 Å². The normalized spacial score (nSPS) is 11.2. The number of allylic oxidation sites excluding steroid dienone is 2. The average Bonchev–Trinajstić information content (AvgIpc) is 3.04. The maximum absolute atomic E-state index is 11.9. The largest absolute Gasteiger partial charge is 0.297 e. The van der Waals surface area contributed by atoms with Crippen LogP contribution in [-0.4, -0.2) is 15.8 Å². The summed E-state index contributed by atoms with van der Waals surface area (Å²) in [6.45, 7) is 0. The van der Waals surface area contributed by atoms with Crippen LogP contribution in [0.5, 0.6) is 0 Å². The maximum Gasteiger partial charge on any atom is 0.276 e. The minimum Gasteiger partial charge on any atom is -0.297 e. The molecular formula is C15H10N4O3S. The molecule has 1 N–H and O–H groups in total. The third-order valence-electron chi connectivity index (χ3n) is 2.69. The predicted octanol–water partition coefficient (Wildman–Crippen LogP) is 3.15. The van der Waals surface area contributed by atoms with Gasteiger partial charge in [0.05, 0.1) is 10.5 Å². The number of amides is 1. The molecule has 7 nitrogen and oxygen atoms in total. The summed E-state index contributed by atoms with van der Waals surface area (Å²) in [6, 6.07) is 7.96. The van der Waals surface area contributed by atoms with Gasteiger partial charge in [-0.2, -0.15) is 5.26 Å². The molecule has 0 fully saturated rings.